The quantitative estimate of drug-likeness (QED) is 0.151. The highest BCUT2D eigenvalue weighted by molar-refractivity contribution is 7.22. The van der Waals surface area contributed by atoms with Crippen molar-refractivity contribution in [2.75, 3.05) is 4.90 Å². The minimum Gasteiger partial charge on any atom is -0.310 e. The Kier molecular flexibility index (Phi) is 8.39. The van der Waals surface area contributed by atoms with Gasteiger partial charge in [-0.25, -0.2) is 0 Å². The van der Waals surface area contributed by atoms with Crippen molar-refractivity contribution in [2.24, 2.45) is 0 Å². The molecule has 0 atom stereocenters. The molecule has 0 radical (unpaired) electrons. The van der Waals surface area contributed by atoms with Gasteiger partial charge in [0.15, 0.2) is 8.07 Å². The van der Waals surface area contributed by atoms with Crippen LogP contribution < -0.4 is 25.6 Å². The first-order chi connectivity index (χ1) is 32.2. The van der Waals surface area contributed by atoms with Gasteiger partial charge in [0.25, 0.3) is 0 Å². The maximum atomic E-state index is 2.49. The molecule has 3 aliphatic rings. The van der Waals surface area contributed by atoms with E-state index in [0.29, 0.717) is 0 Å². The van der Waals surface area contributed by atoms with Crippen LogP contribution in [0, 0.1) is 0 Å². The Hall–Kier alpha value is -7.52. The SMILES string of the molecule is CC1(C)c2ccccc2-c2ccc(N(c3ccc4c(c3)C(C)(C)c3ccccc3-4)c3ccc4cc(-c5cccc6c5-c5ccccc5[Si]6(c5ccccc5)c5ccccc5)ccc4c3)cc21. The summed E-state index contributed by atoms with van der Waals surface area (Å²) < 4.78 is 0. The summed E-state index contributed by atoms with van der Waals surface area (Å²) in [6, 6.07) is 85.2. The van der Waals surface area contributed by atoms with Crippen molar-refractivity contribution in [2.45, 2.75) is 38.5 Å². The monoisotopic (exact) mass is 859 g/mol. The van der Waals surface area contributed by atoms with Crippen LogP contribution in [0.2, 0.25) is 0 Å². The van der Waals surface area contributed by atoms with Gasteiger partial charge in [-0.3, -0.25) is 0 Å². The highest BCUT2D eigenvalue weighted by Gasteiger charge is 2.49. The fourth-order valence-electron chi connectivity index (χ4n) is 12.4. The minimum absolute atomic E-state index is 0.114. The molecule has 10 aromatic rings. The van der Waals surface area contributed by atoms with Crippen LogP contribution in [0.25, 0.3) is 55.3 Å². The van der Waals surface area contributed by atoms with Crippen LogP contribution in [0.3, 0.4) is 0 Å². The molecular formula is C64H49NSi. The number of fused-ring (bicyclic) bond motifs is 10. The summed E-state index contributed by atoms with van der Waals surface area (Å²) in [6.07, 6.45) is 0. The summed E-state index contributed by atoms with van der Waals surface area (Å²) in [5.74, 6) is 0. The molecule has 0 N–H and O–H groups in total. The Balaban J connectivity index is 0.964. The van der Waals surface area contributed by atoms with Gasteiger partial charge >= 0.3 is 0 Å². The second-order valence-corrected chi connectivity index (χ2v) is 23.4. The van der Waals surface area contributed by atoms with Crippen LogP contribution in [0.5, 0.6) is 0 Å². The van der Waals surface area contributed by atoms with E-state index in [1.54, 1.807) is 0 Å². The van der Waals surface area contributed by atoms with Gasteiger partial charge in [-0.05, 0) is 141 Å². The topological polar surface area (TPSA) is 3.24 Å². The zero-order valence-corrected chi connectivity index (χ0v) is 38.8. The molecule has 1 aliphatic heterocycles. The van der Waals surface area contributed by atoms with E-state index in [2.05, 4.69) is 257 Å². The fraction of sp³-hybridized carbons (Fsp3) is 0.0938. The predicted molar refractivity (Wildman–Crippen MR) is 282 cm³/mol. The van der Waals surface area contributed by atoms with E-state index in [0.717, 1.165) is 5.69 Å². The van der Waals surface area contributed by atoms with Gasteiger partial charge in [-0.15, -0.1) is 0 Å². The van der Waals surface area contributed by atoms with E-state index in [-0.39, 0.29) is 10.8 Å². The standard InChI is InChI=1S/C64H49NSi/c1-63(2)56-26-14-11-22-51(56)53-36-34-46(40-58(53)63)65(47-35-37-54-52-23-12-15-27-57(52)64(3,4)59(54)41-47)45-33-32-42-38-44(31-30-43(42)39-45)50-25-17-29-61-62(50)55-24-13-16-28-60(55)66(61,48-18-7-5-8-19-48)49-20-9-6-10-21-49/h5-41H,1-4H3. The van der Waals surface area contributed by atoms with Crippen LogP contribution in [-0.4, -0.2) is 8.07 Å². The first-order valence-electron chi connectivity index (χ1n) is 23.4. The molecule has 0 saturated carbocycles. The van der Waals surface area contributed by atoms with E-state index in [1.807, 2.05) is 0 Å². The highest BCUT2D eigenvalue weighted by Crippen LogP contribution is 2.53. The Morgan fingerprint density at radius 2 is 0.758 bits per heavy atom. The second-order valence-electron chi connectivity index (χ2n) is 19.6. The number of benzene rings is 10. The van der Waals surface area contributed by atoms with Gasteiger partial charge in [0.1, 0.15) is 0 Å². The number of hydrogen-bond acceptors (Lipinski definition) is 1. The first kappa shape index (κ1) is 38.9. The van der Waals surface area contributed by atoms with Gasteiger partial charge < -0.3 is 4.90 Å². The fourth-order valence-corrected chi connectivity index (χ4v) is 17.6. The number of anilines is 3. The van der Waals surface area contributed by atoms with Crippen molar-refractivity contribution < 1.29 is 0 Å². The first-order valence-corrected chi connectivity index (χ1v) is 25.4. The van der Waals surface area contributed by atoms with E-state index in [1.165, 1.54) is 110 Å². The summed E-state index contributed by atoms with van der Waals surface area (Å²) in [5, 5.41) is 8.21. The van der Waals surface area contributed by atoms with Crippen LogP contribution >= 0.6 is 0 Å². The van der Waals surface area contributed by atoms with E-state index in [9.17, 15) is 0 Å². The Labute approximate surface area is 389 Å². The third-order valence-corrected chi connectivity index (χ3v) is 20.4. The van der Waals surface area contributed by atoms with Crippen molar-refractivity contribution >= 4 is 56.7 Å². The molecule has 0 aromatic heterocycles. The summed E-state index contributed by atoms with van der Waals surface area (Å²) in [6.45, 7) is 9.50. The Bertz CT molecular complexity index is 3450. The normalized spacial score (nSPS) is 15.0. The molecule has 314 valence electrons. The third-order valence-electron chi connectivity index (χ3n) is 15.5. The van der Waals surface area contributed by atoms with Gasteiger partial charge in [0, 0.05) is 27.9 Å². The van der Waals surface area contributed by atoms with Crippen molar-refractivity contribution in [1.82, 2.24) is 0 Å². The predicted octanol–water partition coefficient (Wildman–Crippen LogP) is 13.9. The molecule has 1 nitrogen and oxygen atoms in total. The van der Waals surface area contributed by atoms with Crippen molar-refractivity contribution in [3.63, 3.8) is 0 Å². The summed E-state index contributed by atoms with van der Waals surface area (Å²) in [7, 11) is -2.60. The lowest BCUT2D eigenvalue weighted by atomic mass is 9.82. The van der Waals surface area contributed by atoms with Gasteiger partial charge in [-0.1, -0.05) is 210 Å². The molecule has 0 bridgehead atoms. The van der Waals surface area contributed by atoms with Crippen molar-refractivity contribution in [3.05, 3.63) is 247 Å². The molecule has 0 amide bonds. The molecule has 2 heteroatoms. The molecule has 0 fully saturated rings. The lowest BCUT2D eigenvalue weighted by Crippen LogP contribution is -2.72. The number of hydrogen-bond donors (Lipinski definition) is 0. The zero-order chi connectivity index (χ0) is 44.4. The van der Waals surface area contributed by atoms with Gasteiger partial charge in [0.2, 0.25) is 0 Å². The largest absolute Gasteiger partial charge is 0.310 e. The average molecular weight is 860 g/mol. The summed E-state index contributed by atoms with van der Waals surface area (Å²) >= 11 is 0. The van der Waals surface area contributed by atoms with Crippen LogP contribution in [0.4, 0.5) is 17.1 Å². The average Bonchev–Trinajstić information content (AvgIpc) is 3.89. The van der Waals surface area contributed by atoms with Crippen LogP contribution in [0.1, 0.15) is 49.9 Å². The molecule has 0 unspecified atom stereocenters. The molecule has 0 saturated heterocycles. The number of nitrogens with zero attached hydrogens (tertiary/aromatic N) is 1. The maximum absolute atomic E-state index is 2.60. The van der Waals surface area contributed by atoms with Gasteiger partial charge in [-0.2, -0.15) is 0 Å². The highest BCUT2D eigenvalue weighted by atomic mass is 28.3. The van der Waals surface area contributed by atoms with Crippen LogP contribution in [-0.2, 0) is 10.8 Å². The molecule has 2 aliphatic carbocycles. The molecule has 10 aromatic carbocycles. The van der Waals surface area contributed by atoms with E-state index < -0.39 is 8.07 Å². The summed E-state index contributed by atoms with van der Waals surface area (Å²) in [4.78, 5) is 2.49. The zero-order valence-electron chi connectivity index (χ0n) is 37.8. The third kappa shape index (κ3) is 5.40. The molecule has 1 heterocycles. The van der Waals surface area contributed by atoms with E-state index >= 15 is 0 Å². The lowest BCUT2D eigenvalue weighted by molar-refractivity contribution is 0.660. The summed E-state index contributed by atoms with van der Waals surface area (Å²) in [5.41, 5.74) is 19.4. The van der Waals surface area contributed by atoms with E-state index in [4.69, 9.17) is 0 Å². The van der Waals surface area contributed by atoms with Crippen molar-refractivity contribution in [1.29, 1.82) is 0 Å². The van der Waals surface area contributed by atoms with Crippen LogP contribution in [0.15, 0.2) is 224 Å². The Morgan fingerprint density at radius 1 is 0.318 bits per heavy atom. The van der Waals surface area contributed by atoms with Crippen molar-refractivity contribution in [3.8, 4) is 44.5 Å². The maximum Gasteiger partial charge on any atom is 0.180 e. The smallest absolute Gasteiger partial charge is 0.180 e. The molecule has 0 spiro atoms. The number of rotatable bonds is 6. The minimum atomic E-state index is -2.60. The molecule has 13 rings (SSSR count). The van der Waals surface area contributed by atoms with Gasteiger partial charge in [0.05, 0.1) is 0 Å². The second kappa shape index (κ2) is 14.2. The Morgan fingerprint density at radius 3 is 1.36 bits per heavy atom. The molecular weight excluding hydrogens is 811 g/mol. The molecule has 66 heavy (non-hydrogen) atoms. The lowest BCUT2D eigenvalue weighted by Gasteiger charge is -2.31.